The van der Waals surface area contributed by atoms with E-state index < -0.39 is 23.5 Å². The lowest BCUT2D eigenvalue weighted by Crippen LogP contribution is -2.29. The number of carbonyl (C=O) groups excluding carboxylic acids is 2. The van der Waals surface area contributed by atoms with Gasteiger partial charge >= 0.3 is 0 Å². The fourth-order valence-corrected chi connectivity index (χ4v) is 4.74. The quantitative estimate of drug-likeness (QED) is 0.192. The lowest BCUT2D eigenvalue weighted by atomic mass is 9.94. The number of rotatable bonds is 3. The maximum atomic E-state index is 13.7. The lowest BCUT2D eigenvalue weighted by molar-refractivity contribution is -0.132. The zero-order valence-corrected chi connectivity index (χ0v) is 19.0. The van der Waals surface area contributed by atoms with E-state index in [2.05, 4.69) is 0 Å². The summed E-state index contributed by atoms with van der Waals surface area (Å²) in [7, 11) is 0. The summed E-state index contributed by atoms with van der Waals surface area (Å²) < 4.78 is 13.7. The number of carbonyl (C=O) groups is 2. The largest absolute Gasteiger partial charge is 0.507 e. The number of fused-ring (bicyclic) bond motifs is 1. The molecule has 0 saturated carbocycles. The number of nitrogens with zero attached hydrogens (tertiary/aromatic N) is 1. The molecule has 1 amide bonds. The topological polar surface area (TPSA) is 57.6 Å². The highest BCUT2D eigenvalue weighted by atomic mass is 35.5. The number of halogens is 3. The number of ketones is 1. The predicted molar refractivity (Wildman–Crippen MR) is 132 cm³/mol. The monoisotopic (exact) mass is 491 g/mol. The highest BCUT2D eigenvalue weighted by molar-refractivity contribution is 6.52. The average molecular weight is 492 g/mol. The molecular weight excluding hydrogens is 476 g/mol. The first-order valence-corrected chi connectivity index (χ1v) is 11.1. The Morgan fingerprint density at radius 1 is 0.824 bits per heavy atom. The molecule has 1 N–H and O–H groups in total. The lowest BCUT2D eigenvalue weighted by Gasteiger charge is -2.25. The molecule has 0 radical (unpaired) electrons. The van der Waals surface area contributed by atoms with E-state index in [1.807, 2.05) is 30.3 Å². The minimum atomic E-state index is -1.01. The van der Waals surface area contributed by atoms with Crippen molar-refractivity contribution in [2.45, 2.75) is 6.04 Å². The normalized spacial score (nSPS) is 17.5. The van der Waals surface area contributed by atoms with Gasteiger partial charge in [-0.3, -0.25) is 14.5 Å². The van der Waals surface area contributed by atoms with Crippen molar-refractivity contribution >= 4 is 57.1 Å². The van der Waals surface area contributed by atoms with Gasteiger partial charge in [0, 0.05) is 21.3 Å². The van der Waals surface area contributed by atoms with Gasteiger partial charge in [0.1, 0.15) is 11.6 Å². The van der Waals surface area contributed by atoms with Crippen molar-refractivity contribution in [3.63, 3.8) is 0 Å². The van der Waals surface area contributed by atoms with Gasteiger partial charge in [-0.1, -0.05) is 71.7 Å². The Bertz CT molecular complexity index is 1480. The first-order valence-electron chi connectivity index (χ1n) is 10.4. The second-order valence-corrected chi connectivity index (χ2v) is 8.78. The molecule has 5 rings (SSSR count). The van der Waals surface area contributed by atoms with Crippen molar-refractivity contribution in [3.05, 3.63) is 117 Å². The molecule has 0 aliphatic carbocycles. The Balaban J connectivity index is 1.74. The summed E-state index contributed by atoms with van der Waals surface area (Å²) in [5, 5.41) is 13.7. The zero-order valence-electron chi connectivity index (χ0n) is 17.5. The second kappa shape index (κ2) is 8.60. The van der Waals surface area contributed by atoms with Gasteiger partial charge in [0.25, 0.3) is 11.7 Å². The molecule has 1 saturated heterocycles. The van der Waals surface area contributed by atoms with Gasteiger partial charge in [0.2, 0.25) is 0 Å². The molecule has 1 unspecified atom stereocenters. The van der Waals surface area contributed by atoms with Crippen LogP contribution in [0, 0.1) is 5.82 Å². The Labute approximate surface area is 204 Å². The summed E-state index contributed by atoms with van der Waals surface area (Å²) in [6, 6.07) is 21.7. The van der Waals surface area contributed by atoms with E-state index in [0.717, 1.165) is 10.8 Å². The van der Waals surface area contributed by atoms with Crippen LogP contribution in [-0.4, -0.2) is 16.8 Å². The number of hydrogen-bond acceptors (Lipinski definition) is 3. The number of amides is 1. The molecule has 4 nitrogen and oxygen atoms in total. The number of aliphatic hydroxyl groups excluding tert-OH is 1. The van der Waals surface area contributed by atoms with Crippen LogP contribution in [0.15, 0.2) is 90.5 Å². The fraction of sp³-hybridized carbons (Fsp3) is 0.0370. The highest BCUT2D eigenvalue weighted by Gasteiger charge is 2.47. The van der Waals surface area contributed by atoms with Gasteiger partial charge in [-0.2, -0.15) is 0 Å². The minimum absolute atomic E-state index is 0.108. The van der Waals surface area contributed by atoms with Crippen LogP contribution in [-0.2, 0) is 9.59 Å². The van der Waals surface area contributed by atoms with Gasteiger partial charge < -0.3 is 5.11 Å². The maximum absolute atomic E-state index is 13.7. The number of aliphatic hydroxyl groups is 1. The van der Waals surface area contributed by atoms with E-state index in [1.54, 1.807) is 12.1 Å². The molecule has 7 heteroatoms. The van der Waals surface area contributed by atoms with Crippen LogP contribution in [0.3, 0.4) is 0 Å². The summed E-state index contributed by atoms with van der Waals surface area (Å²) in [4.78, 5) is 27.7. The fourth-order valence-electron chi connectivity index (χ4n) is 4.23. The van der Waals surface area contributed by atoms with Gasteiger partial charge in [-0.25, -0.2) is 4.39 Å². The molecule has 0 spiro atoms. The molecule has 1 atom stereocenters. The zero-order chi connectivity index (χ0) is 24.0. The van der Waals surface area contributed by atoms with Gasteiger partial charge in [-0.15, -0.1) is 0 Å². The van der Waals surface area contributed by atoms with E-state index in [0.29, 0.717) is 11.1 Å². The minimum Gasteiger partial charge on any atom is -0.507 e. The van der Waals surface area contributed by atoms with Crippen LogP contribution in [0.5, 0.6) is 0 Å². The average Bonchev–Trinajstić information content (AvgIpc) is 3.08. The molecule has 4 aromatic rings. The third-order valence-electron chi connectivity index (χ3n) is 5.78. The highest BCUT2D eigenvalue weighted by Crippen LogP contribution is 2.43. The van der Waals surface area contributed by atoms with E-state index in [9.17, 15) is 19.1 Å². The van der Waals surface area contributed by atoms with Crippen LogP contribution in [0.1, 0.15) is 17.2 Å². The molecule has 168 valence electrons. The molecular formula is C27H16Cl2FNO3. The van der Waals surface area contributed by atoms with Crippen molar-refractivity contribution in [2.24, 2.45) is 0 Å². The summed E-state index contributed by atoms with van der Waals surface area (Å²) in [6.07, 6.45) is 0. The smallest absolute Gasteiger partial charge is 0.300 e. The molecule has 1 fully saturated rings. The van der Waals surface area contributed by atoms with Gasteiger partial charge in [-0.05, 0) is 52.7 Å². The first-order chi connectivity index (χ1) is 16.3. The molecule has 1 aliphatic heterocycles. The Morgan fingerprint density at radius 3 is 2.15 bits per heavy atom. The molecule has 4 aromatic carbocycles. The number of benzene rings is 4. The Hall–Kier alpha value is -3.67. The van der Waals surface area contributed by atoms with E-state index in [-0.39, 0.29) is 27.1 Å². The summed E-state index contributed by atoms with van der Waals surface area (Å²) >= 11 is 12.3. The third kappa shape index (κ3) is 3.83. The summed E-state index contributed by atoms with van der Waals surface area (Å²) in [5.74, 6) is -2.51. The van der Waals surface area contributed by atoms with Crippen molar-refractivity contribution < 1.29 is 19.1 Å². The van der Waals surface area contributed by atoms with Gasteiger partial charge in [0.15, 0.2) is 0 Å². The van der Waals surface area contributed by atoms with E-state index in [1.165, 1.54) is 47.4 Å². The molecule has 34 heavy (non-hydrogen) atoms. The van der Waals surface area contributed by atoms with Crippen molar-refractivity contribution in [1.82, 2.24) is 0 Å². The number of hydrogen-bond donors (Lipinski definition) is 1. The van der Waals surface area contributed by atoms with Crippen LogP contribution in [0.4, 0.5) is 10.1 Å². The maximum Gasteiger partial charge on any atom is 0.300 e. The first kappa shape index (κ1) is 22.1. The van der Waals surface area contributed by atoms with Crippen LogP contribution >= 0.6 is 23.2 Å². The second-order valence-electron chi connectivity index (χ2n) is 7.91. The SMILES string of the molecule is O=C1C(=O)N(c2cc(Cl)cc(Cl)c2)C(c2ccc(F)cc2)/C1=C(/O)c1ccc2ccccc2c1. The van der Waals surface area contributed by atoms with Crippen molar-refractivity contribution in [1.29, 1.82) is 0 Å². The number of Topliss-reactive ketones (excluding diaryl/α,β-unsaturated/α-hetero) is 1. The van der Waals surface area contributed by atoms with Crippen LogP contribution in [0.2, 0.25) is 10.0 Å². The van der Waals surface area contributed by atoms with Crippen LogP contribution in [0.25, 0.3) is 16.5 Å². The molecule has 0 aromatic heterocycles. The standard InChI is InChI=1S/C27H16Cl2FNO3/c28-19-12-20(29)14-22(13-19)31-24(16-7-9-21(30)10-8-16)23(26(33)27(31)34)25(32)18-6-5-15-3-1-2-4-17(15)11-18/h1-14,24,32H/b25-23-. The number of anilines is 1. The van der Waals surface area contributed by atoms with Gasteiger partial charge in [0.05, 0.1) is 11.6 Å². The van der Waals surface area contributed by atoms with Crippen LogP contribution < -0.4 is 4.90 Å². The molecule has 1 heterocycles. The van der Waals surface area contributed by atoms with E-state index >= 15 is 0 Å². The summed E-state index contributed by atoms with van der Waals surface area (Å²) in [6.45, 7) is 0. The van der Waals surface area contributed by atoms with Crippen molar-refractivity contribution in [3.8, 4) is 0 Å². The predicted octanol–water partition coefficient (Wildman–Crippen LogP) is 6.91. The Morgan fingerprint density at radius 2 is 1.47 bits per heavy atom. The third-order valence-corrected chi connectivity index (χ3v) is 6.21. The molecule has 1 aliphatic rings. The van der Waals surface area contributed by atoms with Crippen molar-refractivity contribution in [2.75, 3.05) is 4.90 Å². The molecule has 0 bridgehead atoms. The summed E-state index contributed by atoms with van der Waals surface area (Å²) in [5.41, 5.74) is 1.00. The Kier molecular flexibility index (Phi) is 5.60. The van der Waals surface area contributed by atoms with E-state index in [4.69, 9.17) is 23.2 Å².